The van der Waals surface area contributed by atoms with Gasteiger partial charge in [-0.05, 0) is 36.4 Å². The summed E-state index contributed by atoms with van der Waals surface area (Å²) in [5.74, 6) is 6.22. The van der Waals surface area contributed by atoms with Crippen molar-refractivity contribution in [2.75, 3.05) is 5.01 Å². The Labute approximate surface area is 121 Å². The first-order valence-corrected chi connectivity index (χ1v) is 6.50. The van der Waals surface area contributed by atoms with E-state index in [-0.39, 0.29) is 5.82 Å². The Bertz CT molecular complexity index is 710. The number of hydrogen-bond donors (Lipinski definition) is 1. The van der Waals surface area contributed by atoms with E-state index in [2.05, 4.69) is 4.98 Å². The topological polar surface area (TPSA) is 55.3 Å². The Kier molecular flexibility index (Phi) is 3.66. The van der Waals surface area contributed by atoms with E-state index in [0.717, 1.165) is 5.56 Å². The van der Waals surface area contributed by atoms with Gasteiger partial charge in [-0.3, -0.25) is 0 Å². The number of oxazole rings is 1. The summed E-state index contributed by atoms with van der Waals surface area (Å²) in [5.41, 5.74) is 2.33. The van der Waals surface area contributed by atoms with Crippen LogP contribution in [0.4, 0.5) is 10.1 Å². The number of nitrogens with zero attached hydrogens (tertiary/aromatic N) is 2. The summed E-state index contributed by atoms with van der Waals surface area (Å²) in [4.78, 5) is 4.40. The van der Waals surface area contributed by atoms with Gasteiger partial charge in [0.25, 0.3) is 0 Å². The molecule has 1 aromatic heterocycles. The van der Waals surface area contributed by atoms with Crippen molar-refractivity contribution in [1.29, 1.82) is 0 Å². The van der Waals surface area contributed by atoms with Crippen LogP contribution in [-0.4, -0.2) is 4.98 Å². The molecule has 0 saturated heterocycles. The fourth-order valence-corrected chi connectivity index (χ4v) is 1.99. The van der Waals surface area contributed by atoms with Crippen LogP contribution >= 0.6 is 0 Å². The Morgan fingerprint density at radius 3 is 2.48 bits per heavy atom. The predicted molar refractivity (Wildman–Crippen MR) is 78.7 cm³/mol. The van der Waals surface area contributed by atoms with E-state index in [1.54, 1.807) is 18.4 Å². The molecule has 5 heteroatoms. The molecular formula is C16H14FN3O. The summed E-state index contributed by atoms with van der Waals surface area (Å²) in [7, 11) is 0. The van der Waals surface area contributed by atoms with Gasteiger partial charge in [0.15, 0.2) is 0 Å². The van der Waals surface area contributed by atoms with Gasteiger partial charge in [0.2, 0.25) is 5.89 Å². The smallest absolute Gasteiger partial charge is 0.226 e. The van der Waals surface area contributed by atoms with Gasteiger partial charge in [-0.25, -0.2) is 15.2 Å². The van der Waals surface area contributed by atoms with Gasteiger partial charge in [0.05, 0.1) is 12.2 Å². The average Bonchev–Trinajstić information content (AvgIpc) is 2.97. The lowest BCUT2D eigenvalue weighted by Gasteiger charge is -2.16. The zero-order valence-corrected chi connectivity index (χ0v) is 11.2. The molecule has 0 bridgehead atoms. The number of hydrogen-bond acceptors (Lipinski definition) is 4. The number of hydrazine groups is 1. The summed E-state index contributed by atoms with van der Waals surface area (Å²) < 4.78 is 18.3. The maximum Gasteiger partial charge on any atom is 0.226 e. The molecule has 2 aromatic carbocycles. The number of rotatable bonds is 4. The van der Waals surface area contributed by atoms with Crippen LogP contribution in [0.1, 0.15) is 5.69 Å². The average molecular weight is 283 g/mol. The molecule has 0 fully saturated rings. The molecule has 0 amide bonds. The molecule has 0 atom stereocenters. The summed E-state index contributed by atoms with van der Waals surface area (Å²) in [6, 6.07) is 15.6. The Hall–Kier alpha value is -2.66. The van der Waals surface area contributed by atoms with Crippen molar-refractivity contribution in [1.82, 2.24) is 4.98 Å². The molecule has 0 spiro atoms. The number of aromatic nitrogens is 1. The summed E-state index contributed by atoms with van der Waals surface area (Å²) in [5, 5.41) is 1.49. The Balaban J connectivity index is 1.74. The van der Waals surface area contributed by atoms with E-state index >= 15 is 0 Å². The van der Waals surface area contributed by atoms with Gasteiger partial charge in [-0.1, -0.05) is 18.2 Å². The third kappa shape index (κ3) is 3.09. The lowest BCUT2D eigenvalue weighted by Crippen LogP contribution is -2.30. The molecule has 0 radical (unpaired) electrons. The predicted octanol–water partition coefficient (Wildman–Crippen LogP) is 3.36. The van der Waals surface area contributed by atoms with Crippen LogP contribution in [0, 0.1) is 5.82 Å². The van der Waals surface area contributed by atoms with E-state index in [0.29, 0.717) is 23.8 Å². The lowest BCUT2D eigenvalue weighted by atomic mass is 10.2. The molecular weight excluding hydrogens is 269 g/mol. The third-order valence-corrected chi connectivity index (χ3v) is 3.06. The first-order chi connectivity index (χ1) is 10.2. The van der Waals surface area contributed by atoms with Crippen molar-refractivity contribution in [3.63, 3.8) is 0 Å². The van der Waals surface area contributed by atoms with Gasteiger partial charge < -0.3 is 9.43 Å². The monoisotopic (exact) mass is 283 g/mol. The number of halogens is 1. The van der Waals surface area contributed by atoms with Crippen LogP contribution in [0.2, 0.25) is 0 Å². The van der Waals surface area contributed by atoms with Crippen molar-refractivity contribution < 1.29 is 8.81 Å². The van der Waals surface area contributed by atoms with Gasteiger partial charge >= 0.3 is 0 Å². The number of nitrogens with two attached hydrogens (primary N) is 1. The summed E-state index contributed by atoms with van der Waals surface area (Å²) >= 11 is 0. The van der Waals surface area contributed by atoms with Crippen molar-refractivity contribution in [3.8, 4) is 11.5 Å². The van der Waals surface area contributed by atoms with E-state index in [1.165, 1.54) is 17.1 Å². The molecule has 1 heterocycles. The molecule has 4 nitrogen and oxygen atoms in total. The first kappa shape index (κ1) is 13.3. The SMILES string of the molecule is NN(Cc1coc(-c2ccccc2)n1)c1ccc(F)cc1. The summed E-state index contributed by atoms with van der Waals surface area (Å²) in [6.45, 7) is 0.377. The van der Waals surface area contributed by atoms with Crippen molar-refractivity contribution in [3.05, 3.63) is 72.4 Å². The minimum Gasteiger partial charge on any atom is -0.444 e. The van der Waals surface area contributed by atoms with Crippen LogP contribution in [0.3, 0.4) is 0 Å². The second kappa shape index (κ2) is 5.76. The molecule has 21 heavy (non-hydrogen) atoms. The zero-order chi connectivity index (χ0) is 14.7. The van der Waals surface area contributed by atoms with Crippen molar-refractivity contribution >= 4 is 5.69 Å². The summed E-state index contributed by atoms with van der Waals surface area (Å²) in [6.07, 6.45) is 1.58. The van der Waals surface area contributed by atoms with Crippen molar-refractivity contribution in [2.45, 2.75) is 6.54 Å². The quantitative estimate of drug-likeness (QED) is 0.589. The van der Waals surface area contributed by atoms with Gasteiger partial charge in [0, 0.05) is 5.56 Å². The molecule has 2 N–H and O–H groups in total. The molecule has 3 aromatic rings. The maximum absolute atomic E-state index is 12.9. The minimum absolute atomic E-state index is 0.292. The van der Waals surface area contributed by atoms with Crippen LogP contribution < -0.4 is 10.9 Å². The highest BCUT2D eigenvalue weighted by Crippen LogP contribution is 2.19. The van der Waals surface area contributed by atoms with Gasteiger partial charge in [0.1, 0.15) is 17.8 Å². The highest BCUT2D eigenvalue weighted by Gasteiger charge is 2.09. The van der Waals surface area contributed by atoms with E-state index in [1.807, 2.05) is 30.3 Å². The first-order valence-electron chi connectivity index (χ1n) is 6.50. The highest BCUT2D eigenvalue weighted by molar-refractivity contribution is 5.53. The molecule has 0 unspecified atom stereocenters. The van der Waals surface area contributed by atoms with Crippen molar-refractivity contribution in [2.24, 2.45) is 5.84 Å². The second-order valence-electron chi connectivity index (χ2n) is 4.61. The van der Waals surface area contributed by atoms with E-state index in [9.17, 15) is 4.39 Å². The number of benzene rings is 2. The largest absolute Gasteiger partial charge is 0.444 e. The fraction of sp³-hybridized carbons (Fsp3) is 0.0625. The second-order valence-corrected chi connectivity index (χ2v) is 4.61. The normalized spacial score (nSPS) is 10.6. The fourth-order valence-electron chi connectivity index (χ4n) is 1.99. The Morgan fingerprint density at radius 2 is 1.76 bits per heavy atom. The lowest BCUT2D eigenvalue weighted by molar-refractivity contribution is 0.572. The van der Waals surface area contributed by atoms with Crippen LogP contribution in [0.5, 0.6) is 0 Å². The molecule has 0 aliphatic heterocycles. The zero-order valence-electron chi connectivity index (χ0n) is 11.2. The third-order valence-electron chi connectivity index (χ3n) is 3.06. The molecule has 106 valence electrons. The van der Waals surface area contributed by atoms with Gasteiger partial charge in [-0.15, -0.1) is 0 Å². The minimum atomic E-state index is -0.292. The van der Waals surface area contributed by atoms with Gasteiger partial charge in [-0.2, -0.15) is 0 Å². The number of anilines is 1. The Morgan fingerprint density at radius 1 is 1.05 bits per heavy atom. The molecule has 3 rings (SSSR count). The van der Waals surface area contributed by atoms with E-state index < -0.39 is 0 Å². The highest BCUT2D eigenvalue weighted by atomic mass is 19.1. The van der Waals surface area contributed by atoms with E-state index in [4.69, 9.17) is 10.3 Å². The maximum atomic E-state index is 12.9. The van der Waals surface area contributed by atoms with Crippen LogP contribution in [0.25, 0.3) is 11.5 Å². The van der Waals surface area contributed by atoms with Crippen LogP contribution in [0.15, 0.2) is 65.3 Å². The van der Waals surface area contributed by atoms with Crippen LogP contribution in [-0.2, 0) is 6.54 Å². The molecule has 0 saturated carbocycles. The standard InChI is InChI=1S/C16H14FN3O/c17-13-6-8-15(9-7-13)20(18)10-14-11-21-16(19-14)12-4-2-1-3-5-12/h1-9,11H,10,18H2. The molecule has 0 aliphatic carbocycles. The molecule has 0 aliphatic rings.